The molecule has 0 heterocycles. The average molecular weight is 266 g/mol. The van der Waals surface area contributed by atoms with Crippen LogP contribution in [0, 0.1) is 20.8 Å². The predicted octanol–water partition coefficient (Wildman–Crippen LogP) is 2.73. The quantitative estimate of drug-likeness (QED) is 0.769. The molecule has 0 amide bonds. The summed E-state index contributed by atoms with van der Waals surface area (Å²) in [7, 11) is 3.03. The summed E-state index contributed by atoms with van der Waals surface area (Å²) in [5.74, 6) is 1.27. The molecule has 0 fully saturated rings. The first-order chi connectivity index (χ1) is 8.97. The Balaban J connectivity index is 3.25. The molecule has 1 aromatic carbocycles. The number of carbonyl (C=O) groups is 1. The van der Waals surface area contributed by atoms with Gasteiger partial charge >= 0.3 is 5.97 Å². The standard InChI is InChI=1S/C15H22O4/c1-7-12-11(4)14(19-8-13(16)17-5)9(2)10(3)15(12)18-6/h7-8H2,1-6H3. The number of carbonyl (C=O) groups excluding carboxylic acids is 1. The Morgan fingerprint density at radius 1 is 1.00 bits per heavy atom. The van der Waals surface area contributed by atoms with Gasteiger partial charge in [0.2, 0.25) is 0 Å². The van der Waals surface area contributed by atoms with Gasteiger partial charge in [-0.05, 0) is 43.9 Å². The van der Waals surface area contributed by atoms with Gasteiger partial charge in [-0.1, -0.05) is 6.92 Å². The molecule has 0 spiro atoms. The zero-order chi connectivity index (χ0) is 14.6. The SMILES string of the molecule is CCc1c(C)c(OCC(=O)OC)c(C)c(C)c1OC. The van der Waals surface area contributed by atoms with E-state index in [0.717, 1.165) is 40.2 Å². The van der Waals surface area contributed by atoms with Crippen LogP contribution in [0.4, 0.5) is 0 Å². The van der Waals surface area contributed by atoms with Crippen LogP contribution in [-0.2, 0) is 16.0 Å². The van der Waals surface area contributed by atoms with Crippen molar-refractivity contribution in [2.45, 2.75) is 34.1 Å². The predicted molar refractivity (Wildman–Crippen MR) is 74.1 cm³/mol. The van der Waals surface area contributed by atoms with Crippen molar-refractivity contribution >= 4 is 5.97 Å². The van der Waals surface area contributed by atoms with Gasteiger partial charge in [0.25, 0.3) is 0 Å². The van der Waals surface area contributed by atoms with E-state index < -0.39 is 0 Å². The average Bonchev–Trinajstić information content (AvgIpc) is 2.41. The Kier molecular flexibility index (Phi) is 5.21. The fourth-order valence-electron chi connectivity index (χ4n) is 2.26. The normalized spacial score (nSPS) is 10.2. The largest absolute Gasteiger partial charge is 0.496 e. The van der Waals surface area contributed by atoms with Crippen molar-refractivity contribution in [3.63, 3.8) is 0 Å². The molecule has 0 bridgehead atoms. The molecule has 1 rings (SSSR count). The summed E-state index contributed by atoms with van der Waals surface area (Å²) in [6, 6.07) is 0. The Morgan fingerprint density at radius 3 is 2.05 bits per heavy atom. The van der Waals surface area contributed by atoms with Crippen LogP contribution in [0.25, 0.3) is 0 Å². The molecule has 0 aliphatic rings. The fourth-order valence-corrected chi connectivity index (χ4v) is 2.26. The molecule has 4 nitrogen and oxygen atoms in total. The summed E-state index contributed by atoms with van der Waals surface area (Å²) in [5, 5.41) is 0. The van der Waals surface area contributed by atoms with Crippen LogP contribution in [0.1, 0.15) is 29.2 Å². The Hall–Kier alpha value is -1.71. The lowest BCUT2D eigenvalue weighted by molar-refractivity contribution is -0.142. The third-order valence-corrected chi connectivity index (χ3v) is 3.43. The lowest BCUT2D eigenvalue weighted by Gasteiger charge is -2.20. The van der Waals surface area contributed by atoms with Gasteiger partial charge in [-0.2, -0.15) is 0 Å². The molecule has 0 atom stereocenters. The molecule has 1 aromatic rings. The summed E-state index contributed by atoms with van der Waals surface area (Å²) in [6.45, 7) is 7.95. The second kappa shape index (κ2) is 6.45. The highest BCUT2D eigenvalue weighted by atomic mass is 16.6. The smallest absolute Gasteiger partial charge is 0.343 e. The van der Waals surface area contributed by atoms with Crippen molar-refractivity contribution in [3.05, 3.63) is 22.3 Å². The molecule has 4 heteroatoms. The number of hydrogen-bond donors (Lipinski definition) is 0. The zero-order valence-electron chi connectivity index (χ0n) is 12.5. The number of rotatable bonds is 5. The van der Waals surface area contributed by atoms with Crippen LogP contribution < -0.4 is 9.47 Å². The van der Waals surface area contributed by atoms with Gasteiger partial charge in [0.15, 0.2) is 6.61 Å². The number of hydrogen-bond acceptors (Lipinski definition) is 4. The van der Waals surface area contributed by atoms with E-state index in [2.05, 4.69) is 11.7 Å². The number of esters is 1. The number of ether oxygens (including phenoxy) is 3. The third-order valence-electron chi connectivity index (χ3n) is 3.43. The van der Waals surface area contributed by atoms with Gasteiger partial charge in [-0.3, -0.25) is 0 Å². The highest BCUT2D eigenvalue weighted by molar-refractivity contribution is 5.71. The first-order valence-electron chi connectivity index (χ1n) is 6.34. The van der Waals surface area contributed by atoms with Crippen molar-refractivity contribution < 1.29 is 19.0 Å². The molecule has 0 saturated heterocycles. The van der Waals surface area contributed by atoms with Crippen LogP contribution in [0.15, 0.2) is 0 Å². The molecule has 0 aromatic heterocycles. The molecule has 0 aliphatic heterocycles. The molecule has 0 aliphatic carbocycles. The maximum absolute atomic E-state index is 11.2. The highest BCUT2D eigenvalue weighted by Crippen LogP contribution is 2.37. The van der Waals surface area contributed by atoms with E-state index in [9.17, 15) is 4.79 Å². The summed E-state index contributed by atoms with van der Waals surface area (Å²) in [4.78, 5) is 11.2. The first kappa shape index (κ1) is 15.3. The second-order valence-corrected chi connectivity index (χ2v) is 4.43. The minimum Gasteiger partial charge on any atom is -0.496 e. The first-order valence-corrected chi connectivity index (χ1v) is 6.34. The Labute approximate surface area is 114 Å². The maximum atomic E-state index is 11.2. The molecular weight excluding hydrogens is 244 g/mol. The molecular formula is C15H22O4. The second-order valence-electron chi connectivity index (χ2n) is 4.43. The van der Waals surface area contributed by atoms with E-state index in [1.54, 1.807) is 7.11 Å². The van der Waals surface area contributed by atoms with Crippen LogP contribution in [-0.4, -0.2) is 26.8 Å². The Morgan fingerprint density at radius 2 is 1.58 bits per heavy atom. The van der Waals surface area contributed by atoms with E-state index in [1.165, 1.54) is 7.11 Å². The lowest BCUT2D eigenvalue weighted by Crippen LogP contribution is -2.14. The molecule has 0 unspecified atom stereocenters. The molecule has 0 radical (unpaired) electrons. The molecule has 106 valence electrons. The lowest BCUT2D eigenvalue weighted by atomic mass is 9.96. The highest BCUT2D eigenvalue weighted by Gasteiger charge is 2.18. The van der Waals surface area contributed by atoms with Gasteiger partial charge in [0.1, 0.15) is 11.5 Å². The summed E-state index contributed by atoms with van der Waals surface area (Å²) >= 11 is 0. The minimum atomic E-state index is -0.384. The summed E-state index contributed by atoms with van der Waals surface area (Å²) < 4.78 is 15.7. The van der Waals surface area contributed by atoms with Crippen LogP contribution in [0.3, 0.4) is 0 Å². The van der Waals surface area contributed by atoms with Crippen LogP contribution in [0.5, 0.6) is 11.5 Å². The zero-order valence-corrected chi connectivity index (χ0v) is 12.5. The molecule has 0 N–H and O–H groups in total. The van der Waals surface area contributed by atoms with E-state index >= 15 is 0 Å². The molecule has 0 saturated carbocycles. The van der Waals surface area contributed by atoms with Gasteiger partial charge < -0.3 is 14.2 Å². The van der Waals surface area contributed by atoms with Gasteiger partial charge in [0.05, 0.1) is 14.2 Å². The van der Waals surface area contributed by atoms with Crippen molar-refractivity contribution in [1.82, 2.24) is 0 Å². The van der Waals surface area contributed by atoms with Crippen LogP contribution >= 0.6 is 0 Å². The van der Waals surface area contributed by atoms with E-state index in [-0.39, 0.29) is 12.6 Å². The van der Waals surface area contributed by atoms with Crippen molar-refractivity contribution in [3.8, 4) is 11.5 Å². The van der Waals surface area contributed by atoms with Crippen molar-refractivity contribution in [1.29, 1.82) is 0 Å². The third kappa shape index (κ3) is 3.00. The summed E-state index contributed by atoms with van der Waals surface area (Å²) in [6.07, 6.45) is 0.852. The van der Waals surface area contributed by atoms with Gasteiger partial charge in [0, 0.05) is 5.56 Å². The van der Waals surface area contributed by atoms with E-state index in [4.69, 9.17) is 9.47 Å². The van der Waals surface area contributed by atoms with Crippen LogP contribution in [0.2, 0.25) is 0 Å². The summed E-state index contributed by atoms with van der Waals surface area (Å²) in [5.41, 5.74) is 4.18. The number of benzene rings is 1. The Bertz CT molecular complexity index is 478. The fraction of sp³-hybridized carbons (Fsp3) is 0.533. The topological polar surface area (TPSA) is 44.8 Å². The minimum absolute atomic E-state index is 0.0763. The van der Waals surface area contributed by atoms with Crippen molar-refractivity contribution in [2.75, 3.05) is 20.8 Å². The maximum Gasteiger partial charge on any atom is 0.343 e. The number of methoxy groups -OCH3 is 2. The monoisotopic (exact) mass is 266 g/mol. The van der Waals surface area contributed by atoms with E-state index in [1.807, 2.05) is 20.8 Å². The van der Waals surface area contributed by atoms with Gasteiger partial charge in [-0.15, -0.1) is 0 Å². The van der Waals surface area contributed by atoms with E-state index in [0.29, 0.717) is 0 Å². The van der Waals surface area contributed by atoms with Crippen molar-refractivity contribution in [2.24, 2.45) is 0 Å². The van der Waals surface area contributed by atoms with Gasteiger partial charge in [-0.25, -0.2) is 4.79 Å². The molecule has 19 heavy (non-hydrogen) atoms.